The summed E-state index contributed by atoms with van der Waals surface area (Å²) in [6.45, 7) is 4.12. The van der Waals surface area contributed by atoms with Crippen molar-refractivity contribution in [2.24, 2.45) is 10.9 Å². The van der Waals surface area contributed by atoms with E-state index in [-0.39, 0.29) is 41.4 Å². The molecule has 9 heteroatoms. The van der Waals surface area contributed by atoms with Gasteiger partial charge >= 0.3 is 0 Å². The third kappa shape index (κ3) is 3.42. The number of benzene rings is 1. The van der Waals surface area contributed by atoms with Crippen molar-refractivity contribution in [1.82, 2.24) is 0 Å². The van der Waals surface area contributed by atoms with Crippen molar-refractivity contribution in [3.8, 4) is 11.5 Å². The Labute approximate surface area is 163 Å². The first-order valence-corrected chi connectivity index (χ1v) is 11.8. The molecule has 1 aromatic rings. The van der Waals surface area contributed by atoms with Crippen LogP contribution >= 0.6 is 11.8 Å². The molecule has 2 fully saturated rings. The summed E-state index contributed by atoms with van der Waals surface area (Å²) < 4.78 is 35.1. The molecule has 3 aliphatic rings. The Morgan fingerprint density at radius 1 is 1.26 bits per heavy atom. The van der Waals surface area contributed by atoms with E-state index in [0.29, 0.717) is 16.7 Å². The molecule has 2 atom stereocenters. The molecule has 1 aromatic carbocycles. The highest BCUT2D eigenvalue weighted by molar-refractivity contribution is 8.16. The fraction of sp³-hybridized carbons (Fsp3) is 0.556. The van der Waals surface area contributed by atoms with E-state index in [2.05, 4.69) is 4.99 Å². The number of hydrogen-bond donors (Lipinski definition) is 0. The lowest BCUT2D eigenvalue weighted by atomic mass is 10.0. The van der Waals surface area contributed by atoms with E-state index in [1.54, 1.807) is 6.07 Å². The average molecular weight is 411 g/mol. The largest absolute Gasteiger partial charge is 0.454 e. The summed E-state index contributed by atoms with van der Waals surface area (Å²) in [4.78, 5) is 18.9. The van der Waals surface area contributed by atoms with Gasteiger partial charge in [0, 0.05) is 22.9 Å². The zero-order valence-corrected chi connectivity index (χ0v) is 16.9. The number of carbonyl (C=O) groups is 1. The summed E-state index contributed by atoms with van der Waals surface area (Å²) in [6.07, 6.45) is 1.48. The minimum atomic E-state index is -3.09. The highest BCUT2D eigenvalue weighted by Gasteiger charge is 2.49. The van der Waals surface area contributed by atoms with Gasteiger partial charge in [0.2, 0.25) is 6.79 Å². The first-order chi connectivity index (χ1) is 12.9. The number of sulfone groups is 1. The SMILES string of the molecule is CCC(CC)C(=O)N=C1S[C@@H]2CS(=O)(=O)C[C@H]2N1c1ccc2c(c1)OCO2. The van der Waals surface area contributed by atoms with Crippen LogP contribution in [-0.2, 0) is 14.6 Å². The van der Waals surface area contributed by atoms with Gasteiger partial charge in [-0.1, -0.05) is 25.6 Å². The van der Waals surface area contributed by atoms with E-state index in [1.807, 2.05) is 30.9 Å². The van der Waals surface area contributed by atoms with Gasteiger partial charge in [-0.3, -0.25) is 4.79 Å². The normalized spacial score (nSPS) is 26.8. The van der Waals surface area contributed by atoms with Crippen molar-refractivity contribution >= 4 is 38.4 Å². The number of thioether (sulfide) groups is 1. The second-order valence-corrected chi connectivity index (χ2v) is 10.3. The number of amides is 1. The summed E-state index contributed by atoms with van der Waals surface area (Å²) in [5, 5.41) is 0.462. The molecule has 7 nitrogen and oxygen atoms in total. The van der Waals surface area contributed by atoms with Gasteiger partial charge < -0.3 is 14.4 Å². The van der Waals surface area contributed by atoms with Crippen molar-refractivity contribution in [1.29, 1.82) is 0 Å². The Morgan fingerprint density at radius 2 is 2.00 bits per heavy atom. The number of hydrogen-bond acceptors (Lipinski definition) is 6. The molecule has 2 saturated heterocycles. The lowest BCUT2D eigenvalue weighted by Gasteiger charge is -2.25. The second kappa shape index (κ2) is 7.01. The van der Waals surface area contributed by atoms with Crippen molar-refractivity contribution < 1.29 is 22.7 Å². The lowest BCUT2D eigenvalue weighted by molar-refractivity contribution is -0.121. The zero-order chi connectivity index (χ0) is 19.2. The monoisotopic (exact) mass is 410 g/mol. The first kappa shape index (κ1) is 18.6. The summed E-state index contributed by atoms with van der Waals surface area (Å²) in [5.74, 6) is 1.20. The molecule has 1 amide bonds. The highest BCUT2D eigenvalue weighted by atomic mass is 32.2. The molecular weight excluding hydrogens is 388 g/mol. The van der Waals surface area contributed by atoms with E-state index >= 15 is 0 Å². The smallest absolute Gasteiger partial charge is 0.251 e. The number of fused-ring (bicyclic) bond motifs is 2. The summed E-state index contributed by atoms with van der Waals surface area (Å²) in [7, 11) is -3.09. The number of ether oxygens (including phenoxy) is 2. The average Bonchev–Trinajstić information content (AvgIpc) is 3.27. The predicted octanol–water partition coefficient (Wildman–Crippen LogP) is 2.45. The summed E-state index contributed by atoms with van der Waals surface area (Å²) >= 11 is 1.39. The third-order valence-corrected chi connectivity index (χ3v) is 8.45. The van der Waals surface area contributed by atoms with Crippen LogP contribution < -0.4 is 14.4 Å². The van der Waals surface area contributed by atoms with Gasteiger partial charge in [-0.2, -0.15) is 4.99 Å². The minimum absolute atomic E-state index is 0.0668. The number of amidine groups is 1. The van der Waals surface area contributed by atoms with Crippen LogP contribution in [-0.4, -0.2) is 49.1 Å². The number of rotatable bonds is 4. The molecule has 3 heterocycles. The molecule has 0 spiro atoms. The number of carbonyl (C=O) groups excluding carboxylic acids is 1. The second-order valence-electron chi connectivity index (χ2n) is 6.95. The van der Waals surface area contributed by atoms with Crippen LogP contribution in [0, 0.1) is 5.92 Å². The van der Waals surface area contributed by atoms with Crippen LogP contribution in [0.5, 0.6) is 11.5 Å². The van der Waals surface area contributed by atoms with Crippen LogP contribution in [0.25, 0.3) is 0 Å². The number of nitrogens with zero attached hydrogens (tertiary/aromatic N) is 2. The summed E-state index contributed by atoms with van der Waals surface area (Å²) in [6, 6.07) is 5.26. The standard InChI is InChI=1S/C18H22N2O5S2/c1-3-11(4-2)17(21)19-18-20(13-8-27(22,23)9-16(13)26-18)12-5-6-14-15(7-12)25-10-24-14/h5-7,11,13,16H,3-4,8-10H2,1-2H3/t13-,16-/m1/s1. The molecule has 4 rings (SSSR count). The van der Waals surface area contributed by atoms with Crippen molar-refractivity contribution in [2.75, 3.05) is 23.2 Å². The maximum absolute atomic E-state index is 12.6. The molecule has 0 aromatic heterocycles. The fourth-order valence-electron chi connectivity index (χ4n) is 3.72. The van der Waals surface area contributed by atoms with Crippen LogP contribution in [0.4, 0.5) is 5.69 Å². The molecule has 146 valence electrons. The van der Waals surface area contributed by atoms with Gasteiger partial charge in [-0.05, 0) is 25.0 Å². The molecule has 27 heavy (non-hydrogen) atoms. The van der Waals surface area contributed by atoms with E-state index in [4.69, 9.17) is 9.47 Å². The molecule has 0 aliphatic carbocycles. The number of anilines is 1. The fourth-order valence-corrected chi connectivity index (χ4v) is 7.64. The van der Waals surface area contributed by atoms with Crippen LogP contribution in [0.3, 0.4) is 0 Å². The summed E-state index contributed by atoms with van der Waals surface area (Å²) in [5.41, 5.74) is 0.771. The van der Waals surface area contributed by atoms with Gasteiger partial charge in [-0.25, -0.2) is 8.42 Å². The molecular formula is C18H22N2O5S2. The van der Waals surface area contributed by atoms with Crippen LogP contribution in [0.1, 0.15) is 26.7 Å². The van der Waals surface area contributed by atoms with E-state index in [0.717, 1.165) is 18.5 Å². The topological polar surface area (TPSA) is 85.3 Å². The maximum atomic E-state index is 12.6. The lowest BCUT2D eigenvalue weighted by Crippen LogP contribution is -2.37. The molecule has 0 saturated carbocycles. The Hall–Kier alpha value is -1.74. The Kier molecular flexibility index (Phi) is 4.84. The number of aliphatic imine (C=N–C) groups is 1. The van der Waals surface area contributed by atoms with E-state index in [1.165, 1.54) is 11.8 Å². The molecule has 0 radical (unpaired) electrons. The van der Waals surface area contributed by atoms with Gasteiger partial charge in [-0.15, -0.1) is 0 Å². The Bertz CT molecular complexity index is 895. The van der Waals surface area contributed by atoms with Gasteiger partial charge in [0.25, 0.3) is 5.91 Å². The quantitative estimate of drug-likeness (QED) is 0.754. The van der Waals surface area contributed by atoms with Gasteiger partial charge in [0.1, 0.15) is 0 Å². The Morgan fingerprint density at radius 3 is 2.74 bits per heavy atom. The van der Waals surface area contributed by atoms with Crippen LogP contribution in [0.15, 0.2) is 23.2 Å². The molecule has 0 bridgehead atoms. The molecule has 3 aliphatic heterocycles. The van der Waals surface area contributed by atoms with Crippen molar-refractivity contribution in [3.63, 3.8) is 0 Å². The zero-order valence-electron chi connectivity index (χ0n) is 15.3. The van der Waals surface area contributed by atoms with E-state index < -0.39 is 9.84 Å². The molecule has 0 unspecified atom stereocenters. The first-order valence-electron chi connectivity index (χ1n) is 9.10. The molecule has 0 N–H and O–H groups in total. The van der Waals surface area contributed by atoms with Crippen LogP contribution in [0.2, 0.25) is 0 Å². The highest BCUT2D eigenvalue weighted by Crippen LogP contribution is 2.44. The van der Waals surface area contributed by atoms with Gasteiger partial charge in [0.15, 0.2) is 26.5 Å². The van der Waals surface area contributed by atoms with Gasteiger partial charge in [0.05, 0.1) is 17.5 Å². The van der Waals surface area contributed by atoms with Crippen molar-refractivity contribution in [3.05, 3.63) is 18.2 Å². The predicted molar refractivity (Wildman–Crippen MR) is 105 cm³/mol. The van der Waals surface area contributed by atoms with Crippen molar-refractivity contribution in [2.45, 2.75) is 38.0 Å². The third-order valence-electron chi connectivity index (χ3n) is 5.24. The minimum Gasteiger partial charge on any atom is -0.454 e. The Balaban J connectivity index is 1.72. The van der Waals surface area contributed by atoms with E-state index in [9.17, 15) is 13.2 Å². The maximum Gasteiger partial charge on any atom is 0.251 e.